The fourth-order valence-corrected chi connectivity index (χ4v) is 5.04. The Kier molecular flexibility index (Phi) is 4.19. The molecule has 2 aliphatic rings. The Hall–Kier alpha value is -1.11. The maximum Gasteiger partial charge on any atom is 0.182 e. The van der Waals surface area contributed by atoms with Gasteiger partial charge in [-0.05, 0) is 63.2 Å². The van der Waals surface area contributed by atoms with Gasteiger partial charge in [-0.3, -0.25) is 4.90 Å². The van der Waals surface area contributed by atoms with Gasteiger partial charge in [0.1, 0.15) is 5.75 Å². The molecule has 0 radical (unpaired) electrons. The van der Waals surface area contributed by atoms with Gasteiger partial charge < -0.3 is 10.4 Å². The predicted octanol–water partition coefficient (Wildman–Crippen LogP) is 0.992. The molecule has 5 nitrogen and oxygen atoms in total. The summed E-state index contributed by atoms with van der Waals surface area (Å²) < 4.78 is 25.3. The van der Waals surface area contributed by atoms with E-state index in [0.29, 0.717) is 23.9 Å². The van der Waals surface area contributed by atoms with E-state index in [1.54, 1.807) is 0 Å². The summed E-state index contributed by atoms with van der Waals surface area (Å²) in [6.45, 7) is 3.55. The highest BCUT2D eigenvalue weighted by Gasteiger charge is 2.36. The van der Waals surface area contributed by atoms with Gasteiger partial charge in [0.25, 0.3) is 0 Å². The number of aromatic hydroxyl groups is 1. The minimum Gasteiger partial charge on any atom is -0.508 e. The third kappa shape index (κ3) is 3.07. The fourth-order valence-electron chi connectivity index (χ4n) is 3.34. The summed E-state index contributed by atoms with van der Waals surface area (Å²) in [6, 6.07) is 6.39. The maximum absolute atomic E-state index is 12.7. The summed E-state index contributed by atoms with van der Waals surface area (Å²) in [4.78, 5) is 2.65. The van der Waals surface area contributed by atoms with E-state index in [0.717, 1.165) is 32.5 Å². The second-order valence-corrected chi connectivity index (χ2v) is 8.15. The Morgan fingerprint density at radius 3 is 2.43 bits per heavy atom. The number of hydrogen-bond acceptors (Lipinski definition) is 5. The van der Waals surface area contributed by atoms with E-state index in [2.05, 4.69) is 10.2 Å². The van der Waals surface area contributed by atoms with Crippen LogP contribution in [0, 0.1) is 0 Å². The maximum atomic E-state index is 12.7. The lowest BCUT2D eigenvalue weighted by Gasteiger charge is -2.31. The second kappa shape index (κ2) is 5.94. The van der Waals surface area contributed by atoms with Crippen molar-refractivity contribution in [3.8, 4) is 5.75 Å². The normalized spacial score (nSPS) is 25.2. The van der Waals surface area contributed by atoms with Crippen molar-refractivity contribution < 1.29 is 13.5 Å². The summed E-state index contributed by atoms with van der Waals surface area (Å²) in [6.07, 6.45) is 2.91. The molecule has 6 heteroatoms. The van der Waals surface area contributed by atoms with E-state index >= 15 is 0 Å². The molecule has 0 spiro atoms. The minimum absolute atomic E-state index is 0.0942. The second-order valence-electron chi connectivity index (χ2n) is 5.93. The van der Waals surface area contributed by atoms with Gasteiger partial charge in [0.15, 0.2) is 9.84 Å². The molecular formula is C15H22N2O3S. The van der Waals surface area contributed by atoms with Gasteiger partial charge in [-0.15, -0.1) is 0 Å². The molecule has 1 aromatic rings. The number of rotatable bonds is 3. The van der Waals surface area contributed by atoms with Crippen molar-refractivity contribution in [1.29, 1.82) is 0 Å². The van der Waals surface area contributed by atoms with Crippen LogP contribution in [0.1, 0.15) is 19.3 Å². The molecule has 1 unspecified atom stereocenters. The van der Waals surface area contributed by atoms with Crippen LogP contribution >= 0.6 is 0 Å². The Bertz CT molecular complexity index is 579. The van der Waals surface area contributed by atoms with Gasteiger partial charge in [0.2, 0.25) is 0 Å². The highest BCUT2D eigenvalue weighted by molar-refractivity contribution is 7.92. The van der Waals surface area contributed by atoms with Gasteiger partial charge in [-0.25, -0.2) is 8.42 Å². The van der Waals surface area contributed by atoms with Crippen molar-refractivity contribution in [2.75, 3.05) is 26.2 Å². The highest BCUT2D eigenvalue weighted by Crippen LogP contribution is 2.27. The van der Waals surface area contributed by atoms with Crippen LogP contribution in [0.2, 0.25) is 0 Å². The van der Waals surface area contributed by atoms with Crippen molar-refractivity contribution in [1.82, 2.24) is 10.2 Å². The van der Waals surface area contributed by atoms with Gasteiger partial charge in [0.05, 0.1) is 10.1 Å². The van der Waals surface area contributed by atoms with Crippen LogP contribution in [-0.2, 0) is 9.84 Å². The lowest BCUT2D eigenvalue weighted by atomic mass is 10.1. The zero-order valence-electron chi connectivity index (χ0n) is 12.0. The highest BCUT2D eigenvalue weighted by atomic mass is 32.2. The molecule has 2 aliphatic heterocycles. The van der Waals surface area contributed by atoms with Gasteiger partial charge in [0, 0.05) is 12.6 Å². The first kappa shape index (κ1) is 14.8. The number of nitrogens with one attached hydrogen (secondary N) is 1. The van der Waals surface area contributed by atoms with Crippen molar-refractivity contribution in [2.24, 2.45) is 0 Å². The van der Waals surface area contributed by atoms with Crippen LogP contribution in [0.15, 0.2) is 29.2 Å². The van der Waals surface area contributed by atoms with Crippen LogP contribution in [0.4, 0.5) is 0 Å². The number of likely N-dealkylation sites (tertiary alicyclic amines) is 1. The molecule has 0 bridgehead atoms. The quantitative estimate of drug-likeness (QED) is 0.871. The third-order valence-electron chi connectivity index (χ3n) is 4.61. The average Bonchev–Trinajstić information content (AvgIpc) is 2.99. The fraction of sp³-hybridized carbons (Fsp3) is 0.600. The molecule has 0 amide bonds. The van der Waals surface area contributed by atoms with Crippen LogP contribution in [-0.4, -0.2) is 55.9 Å². The smallest absolute Gasteiger partial charge is 0.182 e. The molecule has 116 valence electrons. The molecule has 0 aliphatic carbocycles. The summed E-state index contributed by atoms with van der Waals surface area (Å²) in [7, 11) is -3.30. The van der Waals surface area contributed by atoms with E-state index in [1.807, 2.05) is 0 Å². The molecule has 1 atom stereocenters. The first-order valence-electron chi connectivity index (χ1n) is 7.55. The minimum atomic E-state index is -3.30. The van der Waals surface area contributed by atoms with E-state index < -0.39 is 9.84 Å². The molecule has 21 heavy (non-hydrogen) atoms. The molecule has 1 aromatic carbocycles. The molecule has 0 saturated carbocycles. The van der Waals surface area contributed by atoms with Crippen molar-refractivity contribution in [3.63, 3.8) is 0 Å². The number of hydrogen-bond donors (Lipinski definition) is 2. The summed E-state index contributed by atoms with van der Waals surface area (Å²) in [5, 5.41) is 12.3. The zero-order valence-corrected chi connectivity index (χ0v) is 12.8. The Morgan fingerprint density at radius 1 is 1.10 bits per heavy atom. The van der Waals surface area contributed by atoms with Crippen molar-refractivity contribution >= 4 is 9.84 Å². The molecule has 0 aromatic heterocycles. The molecule has 2 fully saturated rings. The molecule has 2 heterocycles. The summed E-state index contributed by atoms with van der Waals surface area (Å²) in [5.41, 5.74) is 0. The standard InChI is InChI=1S/C15H22N2O3S/c18-13-1-3-14(4-2-13)21(19,20)15-7-10-17(11-15)12-5-8-16-9-6-12/h1-4,12,15-16,18H,5-11H2. The number of phenols is 1. The van der Waals surface area contributed by atoms with E-state index in [-0.39, 0.29) is 11.0 Å². The first-order valence-corrected chi connectivity index (χ1v) is 9.10. The number of benzene rings is 1. The predicted molar refractivity (Wildman–Crippen MR) is 81.2 cm³/mol. The van der Waals surface area contributed by atoms with Crippen LogP contribution in [0.5, 0.6) is 5.75 Å². The number of phenolic OH excluding ortho intramolecular Hbond substituents is 1. The SMILES string of the molecule is O=S(=O)(c1ccc(O)cc1)C1CCN(C2CCNCC2)C1. The third-order valence-corrected chi connectivity index (χ3v) is 6.80. The van der Waals surface area contributed by atoms with Gasteiger partial charge in [-0.2, -0.15) is 0 Å². The lowest BCUT2D eigenvalue weighted by molar-refractivity contribution is 0.199. The van der Waals surface area contributed by atoms with E-state index in [9.17, 15) is 13.5 Å². The molecule has 2 N–H and O–H groups in total. The van der Waals surface area contributed by atoms with Gasteiger partial charge >= 0.3 is 0 Å². The Morgan fingerprint density at radius 2 is 1.76 bits per heavy atom. The average molecular weight is 310 g/mol. The van der Waals surface area contributed by atoms with Crippen LogP contribution in [0.3, 0.4) is 0 Å². The number of sulfone groups is 1. The molecular weight excluding hydrogens is 288 g/mol. The zero-order chi connectivity index (χ0) is 14.9. The summed E-state index contributed by atoms with van der Waals surface area (Å²) in [5.74, 6) is 0.0942. The topological polar surface area (TPSA) is 69.6 Å². The van der Waals surface area contributed by atoms with Gasteiger partial charge in [-0.1, -0.05) is 0 Å². The largest absolute Gasteiger partial charge is 0.508 e. The first-order chi connectivity index (χ1) is 10.1. The lowest BCUT2D eigenvalue weighted by Crippen LogP contribution is -2.42. The Balaban J connectivity index is 1.71. The van der Waals surface area contributed by atoms with Crippen molar-refractivity contribution in [2.45, 2.75) is 35.4 Å². The molecule has 2 saturated heterocycles. The molecule has 3 rings (SSSR count). The summed E-state index contributed by atoms with van der Waals surface area (Å²) >= 11 is 0. The Labute approximate surface area is 125 Å². The van der Waals surface area contributed by atoms with Crippen LogP contribution < -0.4 is 5.32 Å². The van der Waals surface area contributed by atoms with Crippen molar-refractivity contribution in [3.05, 3.63) is 24.3 Å². The number of piperidine rings is 1. The monoisotopic (exact) mass is 310 g/mol. The van der Waals surface area contributed by atoms with E-state index in [1.165, 1.54) is 24.3 Å². The number of nitrogens with zero attached hydrogens (tertiary/aromatic N) is 1. The van der Waals surface area contributed by atoms with E-state index in [4.69, 9.17) is 0 Å². The van der Waals surface area contributed by atoms with Crippen LogP contribution in [0.25, 0.3) is 0 Å².